The molecule has 3 aliphatic rings. The maximum atomic E-state index is 6.63. The molecule has 0 aromatic rings. The van der Waals surface area contributed by atoms with Crippen molar-refractivity contribution in [2.45, 2.75) is 62.9 Å². The molecule has 19 heavy (non-hydrogen) atoms. The van der Waals surface area contributed by atoms with E-state index in [-0.39, 0.29) is 5.54 Å². The van der Waals surface area contributed by atoms with Gasteiger partial charge in [-0.25, -0.2) is 0 Å². The second kappa shape index (κ2) is 5.71. The maximum Gasteiger partial charge on any atom is 0.0283 e. The number of nitrogens with two attached hydrogens (primary N) is 1. The van der Waals surface area contributed by atoms with Crippen LogP contribution in [0.5, 0.6) is 0 Å². The van der Waals surface area contributed by atoms with Crippen molar-refractivity contribution < 1.29 is 0 Å². The Bertz CT molecular complexity index is 298. The first-order chi connectivity index (χ1) is 9.16. The normalized spacial score (nSPS) is 36.9. The zero-order chi connectivity index (χ0) is 13.3. The van der Waals surface area contributed by atoms with Crippen molar-refractivity contribution in [2.75, 3.05) is 33.2 Å². The Balaban J connectivity index is 1.55. The van der Waals surface area contributed by atoms with Gasteiger partial charge in [-0.1, -0.05) is 19.3 Å². The van der Waals surface area contributed by atoms with Crippen LogP contribution in [-0.2, 0) is 0 Å². The third-order valence-electron chi connectivity index (χ3n) is 5.82. The van der Waals surface area contributed by atoms with E-state index in [0.29, 0.717) is 0 Å². The topological polar surface area (TPSA) is 32.5 Å². The summed E-state index contributed by atoms with van der Waals surface area (Å²) in [5.41, 5.74) is 6.76. The molecule has 2 unspecified atom stereocenters. The number of rotatable bonds is 2. The minimum atomic E-state index is 0.131. The summed E-state index contributed by atoms with van der Waals surface area (Å²) in [5.74, 6) is 0.902. The molecule has 0 radical (unpaired) electrons. The van der Waals surface area contributed by atoms with Crippen LogP contribution in [0.2, 0.25) is 0 Å². The van der Waals surface area contributed by atoms with Crippen LogP contribution in [0.3, 0.4) is 0 Å². The number of piperidine rings is 2. The summed E-state index contributed by atoms with van der Waals surface area (Å²) in [6.45, 7) is 5.03. The van der Waals surface area contributed by atoms with E-state index in [9.17, 15) is 0 Å². The predicted octanol–water partition coefficient (Wildman–Crippen LogP) is 2.06. The lowest BCUT2D eigenvalue weighted by atomic mass is 9.80. The first-order valence-corrected chi connectivity index (χ1v) is 8.38. The molecule has 1 saturated carbocycles. The summed E-state index contributed by atoms with van der Waals surface area (Å²) in [5, 5.41) is 0. The Hall–Kier alpha value is -0.120. The predicted molar refractivity (Wildman–Crippen MR) is 80.2 cm³/mol. The molecule has 0 amide bonds. The van der Waals surface area contributed by atoms with Crippen molar-refractivity contribution in [1.29, 1.82) is 0 Å². The van der Waals surface area contributed by atoms with Crippen molar-refractivity contribution in [3.8, 4) is 0 Å². The van der Waals surface area contributed by atoms with Crippen LogP contribution in [0.25, 0.3) is 0 Å². The van der Waals surface area contributed by atoms with Crippen LogP contribution in [0.4, 0.5) is 0 Å². The molecule has 2 heterocycles. The minimum absolute atomic E-state index is 0.131. The molecule has 2 aliphatic heterocycles. The van der Waals surface area contributed by atoms with Gasteiger partial charge in [0.15, 0.2) is 0 Å². The molecule has 110 valence electrons. The van der Waals surface area contributed by atoms with Gasteiger partial charge >= 0.3 is 0 Å². The van der Waals surface area contributed by atoms with E-state index >= 15 is 0 Å². The van der Waals surface area contributed by atoms with Gasteiger partial charge in [-0.05, 0) is 58.2 Å². The van der Waals surface area contributed by atoms with Crippen LogP contribution in [-0.4, -0.2) is 54.6 Å². The van der Waals surface area contributed by atoms with E-state index in [1.165, 1.54) is 71.0 Å². The molecule has 0 bridgehead atoms. The highest BCUT2D eigenvalue weighted by molar-refractivity contribution is 4.95. The van der Waals surface area contributed by atoms with Gasteiger partial charge in [0, 0.05) is 24.7 Å². The molecule has 3 fully saturated rings. The van der Waals surface area contributed by atoms with Crippen molar-refractivity contribution >= 4 is 0 Å². The smallest absolute Gasteiger partial charge is 0.0283 e. The highest BCUT2D eigenvalue weighted by atomic mass is 15.2. The fourth-order valence-electron chi connectivity index (χ4n) is 4.73. The molecule has 2 N–H and O–H groups in total. The van der Waals surface area contributed by atoms with E-state index in [0.717, 1.165) is 18.5 Å². The molecule has 0 spiro atoms. The summed E-state index contributed by atoms with van der Waals surface area (Å²) < 4.78 is 0. The highest BCUT2D eigenvalue weighted by Gasteiger charge is 2.37. The van der Waals surface area contributed by atoms with Crippen molar-refractivity contribution in [3.63, 3.8) is 0 Å². The first kappa shape index (κ1) is 13.8. The number of fused-ring (bicyclic) bond motifs is 1. The van der Waals surface area contributed by atoms with Gasteiger partial charge in [0.05, 0.1) is 0 Å². The third kappa shape index (κ3) is 3.14. The second-order valence-corrected chi connectivity index (χ2v) is 7.40. The van der Waals surface area contributed by atoms with Crippen LogP contribution in [0.1, 0.15) is 51.4 Å². The molecule has 2 atom stereocenters. The Kier molecular flexibility index (Phi) is 4.16. The van der Waals surface area contributed by atoms with Crippen LogP contribution in [0, 0.1) is 5.92 Å². The molecule has 1 aliphatic carbocycles. The van der Waals surface area contributed by atoms with Gasteiger partial charge in [-0.3, -0.25) is 0 Å². The zero-order valence-corrected chi connectivity index (χ0v) is 12.6. The fourth-order valence-corrected chi connectivity index (χ4v) is 4.73. The maximum absolute atomic E-state index is 6.63. The minimum Gasteiger partial charge on any atom is -0.324 e. The van der Waals surface area contributed by atoms with E-state index in [1.807, 2.05) is 0 Å². The lowest BCUT2D eigenvalue weighted by Gasteiger charge is -2.48. The van der Waals surface area contributed by atoms with Gasteiger partial charge in [-0.2, -0.15) is 0 Å². The summed E-state index contributed by atoms with van der Waals surface area (Å²) >= 11 is 0. The largest absolute Gasteiger partial charge is 0.324 e. The van der Waals surface area contributed by atoms with Gasteiger partial charge in [0.1, 0.15) is 0 Å². The quantitative estimate of drug-likeness (QED) is 0.829. The number of hydrogen-bond acceptors (Lipinski definition) is 3. The summed E-state index contributed by atoms with van der Waals surface area (Å²) in [7, 11) is 2.32. The third-order valence-corrected chi connectivity index (χ3v) is 5.82. The van der Waals surface area contributed by atoms with Crippen molar-refractivity contribution in [2.24, 2.45) is 11.7 Å². The Labute approximate surface area is 118 Å². The highest BCUT2D eigenvalue weighted by Crippen LogP contribution is 2.32. The van der Waals surface area contributed by atoms with Crippen LogP contribution < -0.4 is 5.73 Å². The van der Waals surface area contributed by atoms with E-state index in [2.05, 4.69) is 16.8 Å². The van der Waals surface area contributed by atoms with Gasteiger partial charge < -0.3 is 15.5 Å². The second-order valence-electron chi connectivity index (χ2n) is 7.40. The van der Waals surface area contributed by atoms with Crippen LogP contribution >= 0.6 is 0 Å². The molecule has 0 aromatic heterocycles. The average Bonchev–Trinajstić information content (AvgIpc) is 2.39. The average molecular weight is 265 g/mol. The Morgan fingerprint density at radius 1 is 1.05 bits per heavy atom. The molecular weight excluding hydrogens is 234 g/mol. The number of hydrogen-bond donors (Lipinski definition) is 1. The molecule has 2 saturated heterocycles. The van der Waals surface area contributed by atoms with Gasteiger partial charge in [-0.15, -0.1) is 0 Å². The Morgan fingerprint density at radius 2 is 1.84 bits per heavy atom. The van der Waals surface area contributed by atoms with E-state index in [1.54, 1.807) is 0 Å². The lowest BCUT2D eigenvalue weighted by molar-refractivity contribution is 0.0261. The monoisotopic (exact) mass is 265 g/mol. The molecule has 3 heteroatoms. The molecule has 3 nitrogen and oxygen atoms in total. The number of likely N-dealkylation sites (tertiary alicyclic amines) is 2. The van der Waals surface area contributed by atoms with Crippen molar-refractivity contribution in [1.82, 2.24) is 9.80 Å². The summed E-state index contributed by atoms with van der Waals surface area (Å²) in [4.78, 5) is 5.29. The van der Waals surface area contributed by atoms with E-state index in [4.69, 9.17) is 5.73 Å². The van der Waals surface area contributed by atoms with E-state index < -0.39 is 0 Å². The molecule has 0 aromatic carbocycles. The molecular formula is C16H31N3. The Morgan fingerprint density at radius 3 is 2.63 bits per heavy atom. The lowest BCUT2D eigenvalue weighted by Crippen LogP contribution is -2.58. The molecule has 3 rings (SSSR count). The fraction of sp³-hybridized carbons (Fsp3) is 1.00. The summed E-state index contributed by atoms with van der Waals surface area (Å²) in [6, 6.07) is 0.852. The van der Waals surface area contributed by atoms with Gasteiger partial charge in [0.2, 0.25) is 0 Å². The number of nitrogens with zero attached hydrogens (tertiary/aromatic N) is 2. The summed E-state index contributed by atoms with van der Waals surface area (Å²) in [6.07, 6.45) is 10.8. The standard InChI is InChI=1S/C16H31N3/c1-18-10-5-6-14-12-19(11-7-15(14)18)13-16(17)8-3-2-4-9-16/h14-15H,2-13,17H2,1H3. The zero-order valence-electron chi connectivity index (χ0n) is 12.6. The van der Waals surface area contributed by atoms with Crippen LogP contribution in [0.15, 0.2) is 0 Å². The van der Waals surface area contributed by atoms with Gasteiger partial charge in [0.25, 0.3) is 0 Å². The SMILES string of the molecule is CN1CCCC2CN(CC3(N)CCCCC3)CCC21. The first-order valence-electron chi connectivity index (χ1n) is 8.38. The van der Waals surface area contributed by atoms with Crippen molar-refractivity contribution in [3.05, 3.63) is 0 Å².